The van der Waals surface area contributed by atoms with Gasteiger partial charge in [-0.05, 0) is 25.8 Å². The lowest BCUT2D eigenvalue weighted by Gasteiger charge is -2.11. The van der Waals surface area contributed by atoms with Crippen LogP contribution in [0.5, 0.6) is 0 Å². The van der Waals surface area contributed by atoms with Gasteiger partial charge in [-0.25, -0.2) is 0 Å². The number of nitrogens with two attached hydrogens (primary N) is 2. The summed E-state index contributed by atoms with van der Waals surface area (Å²) >= 11 is 0. The average Bonchev–Trinajstić information content (AvgIpc) is 2.45. The third-order valence-electron chi connectivity index (χ3n) is 4.21. The molecule has 0 aliphatic heterocycles. The Bertz CT molecular complexity index is 153. The molecule has 0 amide bonds. The van der Waals surface area contributed by atoms with E-state index in [1.54, 1.807) is 0 Å². The summed E-state index contributed by atoms with van der Waals surface area (Å²) in [4.78, 5) is 0. The Morgan fingerprint density at radius 3 is 1.45 bits per heavy atom. The van der Waals surface area contributed by atoms with Crippen molar-refractivity contribution in [2.45, 2.75) is 109 Å². The van der Waals surface area contributed by atoms with Crippen LogP contribution < -0.4 is 11.5 Å². The SMILES string of the molecule is CCCCCCCCCC(N)CCCCCCCCN. The molecular formula is C18H40N2. The van der Waals surface area contributed by atoms with Crippen LogP contribution in [0.1, 0.15) is 103 Å². The molecule has 2 nitrogen and oxygen atoms in total. The van der Waals surface area contributed by atoms with E-state index in [0.717, 1.165) is 6.54 Å². The van der Waals surface area contributed by atoms with E-state index in [4.69, 9.17) is 11.5 Å². The molecule has 1 unspecified atom stereocenters. The molecule has 20 heavy (non-hydrogen) atoms. The molecule has 2 heteroatoms. The standard InChI is InChI=1S/C18H40N2/c1-2-3-4-5-6-9-12-15-18(20)16-13-10-7-8-11-14-17-19/h18H,2-17,19-20H2,1H3. The fourth-order valence-electron chi connectivity index (χ4n) is 2.77. The summed E-state index contributed by atoms with van der Waals surface area (Å²) in [6.45, 7) is 3.13. The van der Waals surface area contributed by atoms with Crippen molar-refractivity contribution in [3.63, 3.8) is 0 Å². The average molecular weight is 285 g/mol. The van der Waals surface area contributed by atoms with Gasteiger partial charge >= 0.3 is 0 Å². The van der Waals surface area contributed by atoms with Gasteiger partial charge in [-0.1, -0.05) is 84.0 Å². The van der Waals surface area contributed by atoms with Crippen LogP contribution >= 0.6 is 0 Å². The second kappa shape index (κ2) is 17.0. The van der Waals surface area contributed by atoms with Crippen LogP contribution in [0.15, 0.2) is 0 Å². The summed E-state index contributed by atoms with van der Waals surface area (Å²) < 4.78 is 0. The first kappa shape index (κ1) is 19.9. The van der Waals surface area contributed by atoms with Crippen molar-refractivity contribution in [2.24, 2.45) is 11.5 Å². The number of unbranched alkanes of at least 4 members (excludes halogenated alkanes) is 11. The number of hydrogen-bond acceptors (Lipinski definition) is 2. The highest BCUT2D eigenvalue weighted by molar-refractivity contribution is 4.62. The molecule has 0 saturated carbocycles. The first-order chi connectivity index (χ1) is 9.81. The minimum absolute atomic E-state index is 0.453. The molecule has 122 valence electrons. The molecule has 0 radical (unpaired) electrons. The van der Waals surface area contributed by atoms with Crippen molar-refractivity contribution >= 4 is 0 Å². The summed E-state index contributed by atoms with van der Waals surface area (Å²) in [5.41, 5.74) is 11.7. The molecule has 0 saturated heterocycles. The molecule has 1 atom stereocenters. The van der Waals surface area contributed by atoms with Gasteiger partial charge in [0.2, 0.25) is 0 Å². The van der Waals surface area contributed by atoms with E-state index in [1.807, 2.05) is 0 Å². The quantitative estimate of drug-likeness (QED) is 0.385. The zero-order valence-electron chi connectivity index (χ0n) is 14.0. The first-order valence-corrected chi connectivity index (χ1v) is 9.27. The van der Waals surface area contributed by atoms with Crippen molar-refractivity contribution in [1.29, 1.82) is 0 Å². The third-order valence-corrected chi connectivity index (χ3v) is 4.21. The lowest BCUT2D eigenvalue weighted by atomic mass is 10.0. The Morgan fingerprint density at radius 2 is 1.00 bits per heavy atom. The highest BCUT2D eigenvalue weighted by Gasteiger charge is 2.02. The molecule has 0 aromatic rings. The summed E-state index contributed by atoms with van der Waals surface area (Å²) in [6, 6.07) is 0.453. The van der Waals surface area contributed by atoms with Crippen LogP contribution in [-0.2, 0) is 0 Å². The molecule has 4 N–H and O–H groups in total. The van der Waals surface area contributed by atoms with Gasteiger partial charge in [0.25, 0.3) is 0 Å². The number of rotatable bonds is 16. The van der Waals surface area contributed by atoms with E-state index in [-0.39, 0.29) is 0 Å². The molecule has 0 aromatic carbocycles. The van der Waals surface area contributed by atoms with Gasteiger partial charge < -0.3 is 11.5 Å². The van der Waals surface area contributed by atoms with Crippen LogP contribution in [-0.4, -0.2) is 12.6 Å². The van der Waals surface area contributed by atoms with Crippen molar-refractivity contribution < 1.29 is 0 Å². The van der Waals surface area contributed by atoms with Gasteiger partial charge in [0.15, 0.2) is 0 Å². The number of hydrogen-bond donors (Lipinski definition) is 2. The van der Waals surface area contributed by atoms with E-state index >= 15 is 0 Å². The Balaban J connectivity index is 3.11. The van der Waals surface area contributed by atoms with E-state index in [0.29, 0.717) is 6.04 Å². The largest absolute Gasteiger partial charge is 0.330 e. The topological polar surface area (TPSA) is 52.0 Å². The second-order valence-electron chi connectivity index (χ2n) is 6.37. The molecule has 0 bridgehead atoms. The highest BCUT2D eigenvalue weighted by Crippen LogP contribution is 2.13. The third kappa shape index (κ3) is 16.0. The Hall–Kier alpha value is -0.0800. The summed E-state index contributed by atoms with van der Waals surface area (Å²) in [7, 11) is 0. The maximum Gasteiger partial charge on any atom is 0.00388 e. The molecule has 0 aliphatic carbocycles. The van der Waals surface area contributed by atoms with Crippen LogP contribution in [0.4, 0.5) is 0 Å². The fourth-order valence-corrected chi connectivity index (χ4v) is 2.77. The van der Waals surface area contributed by atoms with Crippen molar-refractivity contribution in [3.8, 4) is 0 Å². The van der Waals surface area contributed by atoms with Crippen molar-refractivity contribution in [3.05, 3.63) is 0 Å². The predicted molar refractivity (Wildman–Crippen MR) is 92.0 cm³/mol. The minimum Gasteiger partial charge on any atom is -0.330 e. The summed E-state index contributed by atoms with van der Waals surface area (Å²) in [5, 5.41) is 0. The van der Waals surface area contributed by atoms with Gasteiger partial charge in [0.1, 0.15) is 0 Å². The Morgan fingerprint density at radius 1 is 0.600 bits per heavy atom. The summed E-state index contributed by atoms with van der Waals surface area (Å²) in [5.74, 6) is 0. The van der Waals surface area contributed by atoms with E-state index in [2.05, 4.69) is 6.92 Å². The normalized spacial score (nSPS) is 12.8. The van der Waals surface area contributed by atoms with Crippen LogP contribution in [0.3, 0.4) is 0 Å². The molecular weight excluding hydrogens is 244 g/mol. The van der Waals surface area contributed by atoms with Gasteiger partial charge in [-0.2, -0.15) is 0 Å². The van der Waals surface area contributed by atoms with E-state index < -0.39 is 0 Å². The molecule has 0 heterocycles. The monoisotopic (exact) mass is 284 g/mol. The molecule has 0 aromatic heterocycles. The molecule has 0 spiro atoms. The lowest BCUT2D eigenvalue weighted by Crippen LogP contribution is -2.19. The molecule has 0 rings (SSSR count). The van der Waals surface area contributed by atoms with Crippen LogP contribution in [0.25, 0.3) is 0 Å². The van der Waals surface area contributed by atoms with Crippen LogP contribution in [0.2, 0.25) is 0 Å². The molecule has 0 aliphatic rings. The maximum atomic E-state index is 6.18. The zero-order valence-corrected chi connectivity index (χ0v) is 14.0. The summed E-state index contributed by atoms with van der Waals surface area (Å²) in [6.07, 6.45) is 20.1. The molecule has 0 fully saturated rings. The van der Waals surface area contributed by atoms with Crippen molar-refractivity contribution in [2.75, 3.05) is 6.54 Å². The van der Waals surface area contributed by atoms with Crippen molar-refractivity contribution in [1.82, 2.24) is 0 Å². The van der Waals surface area contributed by atoms with E-state index in [1.165, 1.54) is 96.3 Å². The Kier molecular flexibility index (Phi) is 16.9. The second-order valence-corrected chi connectivity index (χ2v) is 6.37. The fraction of sp³-hybridized carbons (Fsp3) is 1.00. The van der Waals surface area contributed by atoms with Crippen LogP contribution in [0, 0.1) is 0 Å². The zero-order chi connectivity index (χ0) is 14.9. The predicted octanol–water partition coefficient (Wildman–Crippen LogP) is 5.14. The Labute approximate surface area is 128 Å². The highest BCUT2D eigenvalue weighted by atomic mass is 14.6. The van der Waals surface area contributed by atoms with Gasteiger partial charge in [0.05, 0.1) is 0 Å². The smallest absolute Gasteiger partial charge is 0.00388 e. The van der Waals surface area contributed by atoms with Gasteiger partial charge in [-0.15, -0.1) is 0 Å². The van der Waals surface area contributed by atoms with Gasteiger partial charge in [-0.3, -0.25) is 0 Å². The van der Waals surface area contributed by atoms with E-state index in [9.17, 15) is 0 Å². The first-order valence-electron chi connectivity index (χ1n) is 9.27. The van der Waals surface area contributed by atoms with Gasteiger partial charge in [0, 0.05) is 6.04 Å². The lowest BCUT2D eigenvalue weighted by molar-refractivity contribution is 0.482. The maximum absolute atomic E-state index is 6.18. The minimum atomic E-state index is 0.453.